The average Bonchev–Trinajstić information content (AvgIpc) is 3.23. The van der Waals surface area contributed by atoms with Crippen molar-refractivity contribution < 1.29 is 32.9 Å². The van der Waals surface area contributed by atoms with Gasteiger partial charge in [0.2, 0.25) is 5.91 Å². The van der Waals surface area contributed by atoms with Gasteiger partial charge in [0, 0.05) is 6.42 Å². The van der Waals surface area contributed by atoms with Gasteiger partial charge in [-0.2, -0.15) is 0 Å². The summed E-state index contributed by atoms with van der Waals surface area (Å²) in [4.78, 5) is 25.4. The summed E-state index contributed by atoms with van der Waals surface area (Å²) in [6.45, 7) is 4.52. The van der Waals surface area contributed by atoms with Crippen LogP contribution in [0.2, 0.25) is 0 Å². The number of hydrogen-bond donors (Lipinski definition) is 2. The van der Waals surface area contributed by atoms with Crippen LogP contribution in [0.1, 0.15) is 206 Å². The van der Waals surface area contributed by atoms with Crippen LogP contribution < -0.4 is 10.2 Å². The van der Waals surface area contributed by atoms with Crippen LogP contribution in [0.3, 0.4) is 0 Å². The first-order valence-corrected chi connectivity index (χ1v) is 26.8. The van der Waals surface area contributed by atoms with Crippen LogP contribution in [-0.2, 0) is 18.4 Å². The Bertz CT molecular complexity index is 1240. The number of rotatable bonds is 45. The van der Waals surface area contributed by atoms with E-state index in [1.165, 1.54) is 109 Å². The Morgan fingerprint density at radius 1 is 0.581 bits per heavy atom. The summed E-state index contributed by atoms with van der Waals surface area (Å²) in [6, 6.07) is -0.893. The van der Waals surface area contributed by atoms with Crippen molar-refractivity contribution in [2.24, 2.45) is 0 Å². The van der Waals surface area contributed by atoms with Crippen molar-refractivity contribution in [3.8, 4) is 0 Å². The van der Waals surface area contributed by atoms with E-state index in [4.69, 9.17) is 9.05 Å². The van der Waals surface area contributed by atoms with E-state index in [1.807, 2.05) is 27.2 Å². The van der Waals surface area contributed by atoms with E-state index in [0.717, 1.165) is 77.0 Å². The second-order valence-electron chi connectivity index (χ2n) is 18.1. The number of aliphatic hydroxyl groups excluding tert-OH is 1. The van der Waals surface area contributed by atoms with Crippen molar-refractivity contribution >= 4 is 13.7 Å². The summed E-state index contributed by atoms with van der Waals surface area (Å²) in [5.41, 5.74) is 0. The normalized spacial score (nSPS) is 14.8. The molecule has 0 saturated heterocycles. The molecule has 0 bridgehead atoms. The minimum Gasteiger partial charge on any atom is -0.756 e. The first-order valence-electron chi connectivity index (χ1n) is 25.3. The number of carbonyl (C=O) groups excluding carboxylic acids is 1. The number of phosphoric ester groups is 1. The van der Waals surface area contributed by atoms with Gasteiger partial charge in [-0.15, -0.1) is 0 Å². The molecule has 1 amide bonds. The van der Waals surface area contributed by atoms with Crippen molar-refractivity contribution in [3.05, 3.63) is 72.9 Å². The Morgan fingerprint density at radius 2 is 0.984 bits per heavy atom. The van der Waals surface area contributed by atoms with E-state index in [0.29, 0.717) is 17.4 Å². The fourth-order valence-corrected chi connectivity index (χ4v) is 7.67. The first kappa shape index (κ1) is 59.9. The Balaban J connectivity index is 4.30. The molecule has 0 aliphatic rings. The van der Waals surface area contributed by atoms with E-state index in [1.54, 1.807) is 6.08 Å². The van der Waals surface area contributed by atoms with Gasteiger partial charge >= 0.3 is 0 Å². The lowest BCUT2D eigenvalue weighted by Crippen LogP contribution is -2.45. The third-order valence-corrected chi connectivity index (χ3v) is 11.9. The molecule has 0 aromatic carbocycles. The highest BCUT2D eigenvalue weighted by Gasteiger charge is 2.23. The van der Waals surface area contributed by atoms with Gasteiger partial charge in [0.15, 0.2) is 0 Å². The maximum absolute atomic E-state index is 12.9. The Labute approximate surface area is 383 Å². The molecule has 0 aromatic heterocycles. The molecule has 0 spiro atoms. The fourth-order valence-electron chi connectivity index (χ4n) is 6.94. The zero-order valence-corrected chi connectivity index (χ0v) is 41.7. The average molecular weight is 889 g/mol. The van der Waals surface area contributed by atoms with Crippen molar-refractivity contribution in [2.75, 3.05) is 40.9 Å². The number of phosphoric acid groups is 1. The molecule has 0 aliphatic heterocycles. The van der Waals surface area contributed by atoms with Gasteiger partial charge in [0.25, 0.3) is 7.82 Å². The van der Waals surface area contributed by atoms with Crippen molar-refractivity contribution in [3.63, 3.8) is 0 Å². The van der Waals surface area contributed by atoms with E-state index < -0.39 is 20.0 Å². The maximum atomic E-state index is 12.9. The Kier molecular flexibility index (Phi) is 42.7. The third kappa shape index (κ3) is 45.9. The number of unbranched alkanes of at least 4 members (excludes halogenated alkanes) is 22. The second kappa shape index (κ2) is 44.2. The lowest BCUT2D eigenvalue weighted by atomic mass is 10.0. The van der Waals surface area contributed by atoms with E-state index in [2.05, 4.69) is 79.9 Å². The molecular weight excluding hydrogens is 792 g/mol. The van der Waals surface area contributed by atoms with Gasteiger partial charge in [-0.1, -0.05) is 209 Å². The Hall–Kier alpha value is -2.06. The summed E-state index contributed by atoms with van der Waals surface area (Å²) < 4.78 is 23.3. The van der Waals surface area contributed by atoms with Crippen LogP contribution in [0.25, 0.3) is 0 Å². The van der Waals surface area contributed by atoms with Gasteiger partial charge < -0.3 is 28.8 Å². The summed E-state index contributed by atoms with van der Waals surface area (Å²) in [6.07, 6.45) is 59.5. The summed E-state index contributed by atoms with van der Waals surface area (Å²) in [5, 5.41) is 13.8. The highest BCUT2D eigenvalue weighted by atomic mass is 31.2. The molecule has 2 N–H and O–H groups in total. The topological polar surface area (TPSA) is 108 Å². The molecule has 3 unspecified atom stereocenters. The van der Waals surface area contributed by atoms with Crippen LogP contribution in [0.5, 0.6) is 0 Å². The van der Waals surface area contributed by atoms with Gasteiger partial charge in [0.05, 0.1) is 39.9 Å². The largest absolute Gasteiger partial charge is 0.756 e. The molecule has 0 rings (SSSR count). The monoisotopic (exact) mass is 889 g/mol. The second-order valence-corrected chi connectivity index (χ2v) is 19.6. The minimum atomic E-state index is -4.60. The Morgan fingerprint density at radius 3 is 1.44 bits per heavy atom. The summed E-state index contributed by atoms with van der Waals surface area (Å²) in [7, 11) is 1.25. The van der Waals surface area contributed by atoms with Gasteiger partial charge in [-0.3, -0.25) is 9.36 Å². The fraction of sp³-hybridized carbons (Fsp3) is 0.755. The zero-order valence-electron chi connectivity index (χ0n) is 40.8. The van der Waals surface area contributed by atoms with Crippen LogP contribution in [0.4, 0.5) is 0 Å². The molecule has 0 saturated carbocycles. The molecule has 0 fully saturated rings. The molecule has 0 aromatic rings. The molecule has 62 heavy (non-hydrogen) atoms. The number of amides is 1. The quantitative estimate of drug-likeness (QED) is 0.0273. The van der Waals surface area contributed by atoms with Crippen molar-refractivity contribution in [1.82, 2.24) is 5.32 Å². The summed E-state index contributed by atoms with van der Waals surface area (Å²) >= 11 is 0. The number of nitrogens with one attached hydrogen (secondary N) is 1. The molecule has 0 radical (unpaired) electrons. The number of allylic oxidation sites excluding steroid dienone is 11. The first-order chi connectivity index (χ1) is 30.0. The smallest absolute Gasteiger partial charge is 0.268 e. The molecule has 8 nitrogen and oxygen atoms in total. The molecule has 360 valence electrons. The highest BCUT2D eigenvalue weighted by molar-refractivity contribution is 7.45. The minimum absolute atomic E-state index is 0.00527. The third-order valence-electron chi connectivity index (χ3n) is 10.9. The predicted molar refractivity (Wildman–Crippen MR) is 265 cm³/mol. The molecule has 0 aliphatic carbocycles. The number of carbonyl (C=O) groups is 1. The number of quaternary nitrogens is 1. The lowest BCUT2D eigenvalue weighted by Gasteiger charge is -2.29. The van der Waals surface area contributed by atoms with Gasteiger partial charge in [-0.25, -0.2) is 0 Å². The van der Waals surface area contributed by atoms with Crippen LogP contribution in [0.15, 0.2) is 72.9 Å². The van der Waals surface area contributed by atoms with Crippen LogP contribution >= 0.6 is 7.82 Å². The molecule has 9 heteroatoms. The zero-order chi connectivity index (χ0) is 45.7. The molecule has 3 atom stereocenters. The lowest BCUT2D eigenvalue weighted by molar-refractivity contribution is -0.870. The summed E-state index contributed by atoms with van der Waals surface area (Å²) in [5.74, 6) is -0.207. The standard InChI is InChI=1S/C53H97N2O6P/c1-6-8-10-12-14-16-18-20-22-23-24-25-26-27-28-29-30-31-33-35-37-39-41-43-45-47-53(57)54-51(50-61-62(58,59)60-49-48-55(3,4)5)52(56)46-44-42-40-38-36-34-32-21-19-17-15-13-11-9-7-2/h8,10,14,16,20,22,24-25,27-28,44,46,51-52,56H,6-7,9,11-13,15,17-19,21,23,26,29-43,45,47-50H2,1-5H3,(H-,54,57,58,59)/b10-8-,16-14-,22-20-,25-24-,28-27-,46-44+. The SMILES string of the molecule is CC/C=C\C/C=C\C/C=C\C/C=C\C/C=C\CCCCCCCCCCCC(=O)NC(COP(=O)([O-])OCC[N+](C)(C)C)C(O)/C=C/CCCCCCCCCCCCCCC. The molecule has 0 heterocycles. The van der Waals surface area contributed by atoms with E-state index in [9.17, 15) is 19.4 Å². The van der Waals surface area contributed by atoms with Crippen LogP contribution in [-0.4, -0.2) is 68.5 Å². The van der Waals surface area contributed by atoms with Crippen molar-refractivity contribution in [1.29, 1.82) is 0 Å². The number of nitrogens with zero attached hydrogens (tertiary/aromatic N) is 1. The van der Waals surface area contributed by atoms with E-state index in [-0.39, 0.29) is 19.1 Å². The highest BCUT2D eigenvalue weighted by Crippen LogP contribution is 2.38. The number of likely N-dealkylation sites (N-methyl/N-ethyl adjacent to an activating group) is 1. The van der Waals surface area contributed by atoms with Crippen LogP contribution in [0, 0.1) is 0 Å². The van der Waals surface area contributed by atoms with Gasteiger partial charge in [-0.05, 0) is 64.2 Å². The number of aliphatic hydroxyl groups is 1. The van der Waals surface area contributed by atoms with Crippen molar-refractivity contribution in [2.45, 2.75) is 219 Å². The van der Waals surface area contributed by atoms with Gasteiger partial charge in [0.1, 0.15) is 13.2 Å². The maximum Gasteiger partial charge on any atom is 0.268 e. The number of hydrogen-bond acceptors (Lipinski definition) is 6. The van der Waals surface area contributed by atoms with E-state index >= 15 is 0 Å². The molecular formula is C53H97N2O6P. The predicted octanol–water partition coefficient (Wildman–Crippen LogP) is 14.1.